The van der Waals surface area contributed by atoms with E-state index >= 15 is 0 Å². The topological polar surface area (TPSA) is 29.5 Å². The molecule has 0 bridgehead atoms. The van der Waals surface area contributed by atoms with E-state index in [1.807, 2.05) is 57.2 Å². The number of halogens is 1. The number of hydrogen-bond acceptors (Lipinski definition) is 2. The molecule has 2 rings (SSSR count). The fourth-order valence-electron chi connectivity index (χ4n) is 2.28. The second kappa shape index (κ2) is 6.42. The van der Waals surface area contributed by atoms with Gasteiger partial charge in [-0.15, -0.1) is 0 Å². The summed E-state index contributed by atoms with van der Waals surface area (Å²) in [6, 6.07) is 11.8. The van der Waals surface area contributed by atoms with Crippen LogP contribution in [0.3, 0.4) is 0 Å². The van der Waals surface area contributed by atoms with E-state index in [0.29, 0.717) is 6.61 Å². The van der Waals surface area contributed by atoms with Crippen molar-refractivity contribution < 1.29 is 9.84 Å². The average Bonchev–Trinajstić information content (AvgIpc) is 2.40. The SMILES string of the molecule is CCOc1ccc(C)cc1C(O)c1ccc(Br)cc1C. The Kier molecular flexibility index (Phi) is 4.84. The van der Waals surface area contributed by atoms with Crippen molar-refractivity contribution in [2.75, 3.05) is 6.61 Å². The van der Waals surface area contributed by atoms with Gasteiger partial charge in [0.2, 0.25) is 0 Å². The third kappa shape index (κ3) is 3.22. The van der Waals surface area contributed by atoms with E-state index in [1.54, 1.807) is 0 Å². The standard InChI is InChI=1S/C17H19BrO2/c1-4-20-16-8-5-11(2)9-15(16)17(19)14-7-6-13(18)10-12(14)3/h5-10,17,19H,4H2,1-3H3. The van der Waals surface area contributed by atoms with Gasteiger partial charge >= 0.3 is 0 Å². The highest BCUT2D eigenvalue weighted by Crippen LogP contribution is 2.33. The van der Waals surface area contributed by atoms with Crippen LogP contribution in [0.1, 0.15) is 35.3 Å². The van der Waals surface area contributed by atoms with Crippen LogP contribution in [0.5, 0.6) is 5.75 Å². The Morgan fingerprint density at radius 1 is 1.10 bits per heavy atom. The molecule has 2 aromatic carbocycles. The summed E-state index contributed by atoms with van der Waals surface area (Å²) < 4.78 is 6.64. The minimum atomic E-state index is -0.676. The molecule has 2 aromatic rings. The van der Waals surface area contributed by atoms with E-state index in [1.165, 1.54) is 0 Å². The quantitative estimate of drug-likeness (QED) is 0.888. The molecule has 0 fully saturated rings. The summed E-state index contributed by atoms with van der Waals surface area (Å²) in [6.07, 6.45) is -0.676. The molecule has 1 atom stereocenters. The zero-order valence-electron chi connectivity index (χ0n) is 12.0. The van der Waals surface area contributed by atoms with Gasteiger partial charge in [-0.05, 0) is 56.2 Å². The molecule has 0 saturated heterocycles. The van der Waals surface area contributed by atoms with Crippen molar-refractivity contribution >= 4 is 15.9 Å². The fraction of sp³-hybridized carbons (Fsp3) is 0.294. The summed E-state index contributed by atoms with van der Waals surface area (Å²) in [5, 5.41) is 10.7. The summed E-state index contributed by atoms with van der Waals surface area (Å²) in [6.45, 7) is 6.54. The van der Waals surface area contributed by atoms with Crippen molar-refractivity contribution in [2.45, 2.75) is 26.9 Å². The monoisotopic (exact) mass is 334 g/mol. The van der Waals surface area contributed by atoms with Gasteiger partial charge in [0.25, 0.3) is 0 Å². The molecule has 0 saturated carbocycles. The van der Waals surface area contributed by atoms with Crippen LogP contribution in [-0.2, 0) is 0 Å². The zero-order valence-corrected chi connectivity index (χ0v) is 13.6. The Hall–Kier alpha value is -1.32. The molecule has 0 amide bonds. The summed E-state index contributed by atoms with van der Waals surface area (Å²) in [7, 11) is 0. The largest absolute Gasteiger partial charge is 0.493 e. The van der Waals surface area contributed by atoms with Crippen molar-refractivity contribution in [2.24, 2.45) is 0 Å². The first kappa shape index (κ1) is 15.1. The van der Waals surface area contributed by atoms with Gasteiger partial charge in [-0.1, -0.05) is 33.6 Å². The predicted octanol–water partition coefficient (Wildman–Crippen LogP) is 4.55. The summed E-state index contributed by atoms with van der Waals surface area (Å²) in [5.74, 6) is 0.743. The highest BCUT2D eigenvalue weighted by atomic mass is 79.9. The lowest BCUT2D eigenvalue weighted by Gasteiger charge is -2.18. The molecule has 1 N–H and O–H groups in total. The molecule has 1 unspecified atom stereocenters. The van der Waals surface area contributed by atoms with Gasteiger partial charge < -0.3 is 9.84 Å². The maximum atomic E-state index is 10.7. The minimum Gasteiger partial charge on any atom is -0.493 e. The lowest BCUT2D eigenvalue weighted by atomic mass is 9.96. The minimum absolute atomic E-state index is 0.585. The molecule has 0 aliphatic rings. The van der Waals surface area contributed by atoms with Gasteiger partial charge in [0.1, 0.15) is 11.9 Å². The van der Waals surface area contributed by atoms with Crippen LogP contribution < -0.4 is 4.74 Å². The maximum absolute atomic E-state index is 10.7. The normalized spacial score (nSPS) is 12.2. The van der Waals surface area contributed by atoms with Crippen molar-refractivity contribution in [1.82, 2.24) is 0 Å². The molecule has 3 heteroatoms. The Morgan fingerprint density at radius 3 is 2.50 bits per heavy atom. The Labute approximate surface area is 128 Å². The highest BCUT2D eigenvalue weighted by molar-refractivity contribution is 9.10. The fourth-order valence-corrected chi connectivity index (χ4v) is 2.76. The Morgan fingerprint density at radius 2 is 1.85 bits per heavy atom. The number of hydrogen-bond donors (Lipinski definition) is 1. The molecule has 2 nitrogen and oxygen atoms in total. The van der Waals surface area contributed by atoms with Crippen molar-refractivity contribution in [3.8, 4) is 5.75 Å². The maximum Gasteiger partial charge on any atom is 0.125 e. The molecule has 20 heavy (non-hydrogen) atoms. The number of aliphatic hydroxyl groups is 1. The number of rotatable bonds is 4. The number of aliphatic hydroxyl groups excluding tert-OH is 1. The molecule has 106 valence electrons. The van der Waals surface area contributed by atoms with Crippen molar-refractivity contribution in [3.63, 3.8) is 0 Å². The first-order valence-electron chi connectivity index (χ1n) is 6.70. The van der Waals surface area contributed by atoms with Crippen LogP contribution in [0.2, 0.25) is 0 Å². The number of aryl methyl sites for hydroxylation is 2. The van der Waals surface area contributed by atoms with E-state index in [4.69, 9.17) is 4.74 Å². The molecule has 0 spiro atoms. The third-order valence-corrected chi connectivity index (χ3v) is 3.78. The van der Waals surface area contributed by atoms with E-state index in [2.05, 4.69) is 15.9 Å². The van der Waals surface area contributed by atoms with Crippen LogP contribution >= 0.6 is 15.9 Å². The second-order valence-electron chi connectivity index (χ2n) is 4.88. The van der Waals surface area contributed by atoms with E-state index in [0.717, 1.165) is 32.5 Å². The summed E-state index contributed by atoms with van der Waals surface area (Å²) in [5.41, 5.74) is 3.88. The average molecular weight is 335 g/mol. The Balaban J connectivity index is 2.46. The van der Waals surface area contributed by atoms with E-state index < -0.39 is 6.10 Å². The highest BCUT2D eigenvalue weighted by Gasteiger charge is 2.17. The molecule has 0 aliphatic carbocycles. The number of ether oxygens (including phenoxy) is 1. The van der Waals surface area contributed by atoms with Crippen LogP contribution in [-0.4, -0.2) is 11.7 Å². The molecular formula is C17H19BrO2. The summed E-state index contributed by atoms with van der Waals surface area (Å²) >= 11 is 3.45. The van der Waals surface area contributed by atoms with Gasteiger partial charge in [-0.3, -0.25) is 0 Å². The third-order valence-electron chi connectivity index (χ3n) is 3.29. The van der Waals surface area contributed by atoms with Gasteiger partial charge in [-0.2, -0.15) is 0 Å². The van der Waals surface area contributed by atoms with Crippen LogP contribution in [0.4, 0.5) is 0 Å². The molecule has 0 aliphatic heterocycles. The molecule has 0 heterocycles. The van der Waals surface area contributed by atoms with E-state index in [9.17, 15) is 5.11 Å². The Bertz CT molecular complexity index is 608. The second-order valence-corrected chi connectivity index (χ2v) is 5.79. The van der Waals surface area contributed by atoms with Crippen LogP contribution in [0, 0.1) is 13.8 Å². The number of benzene rings is 2. The summed E-state index contributed by atoms with van der Waals surface area (Å²) in [4.78, 5) is 0. The van der Waals surface area contributed by atoms with Gasteiger partial charge in [0, 0.05) is 10.0 Å². The first-order chi connectivity index (χ1) is 9.52. The lowest BCUT2D eigenvalue weighted by Crippen LogP contribution is -2.06. The van der Waals surface area contributed by atoms with Crippen molar-refractivity contribution in [3.05, 3.63) is 63.1 Å². The smallest absolute Gasteiger partial charge is 0.125 e. The zero-order chi connectivity index (χ0) is 14.7. The van der Waals surface area contributed by atoms with Gasteiger partial charge in [0.05, 0.1) is 6.61 Å². The first-order valence-corrected chi connectivity index (χ1v) is 7.49. The predicted molar refractivity (Wildman–Crippen MR) is 85.3 cm³/mol. The molecule has 0 radical (unpaired) electrons. The van der Waals surface area contributed by atoms with Crippen LogP contribution in [0.25, 0.3) is 0 Å². The van der Waals surface area contributed by atoms with Crippen LogP contribution in [0.15, 0.2) is 40.9 Å². The van der Waals surface area contributed by atoms with Crippen molar-refractivity contribution in [1.29, 1.82) is 0 Å². The molecule has 0 aromatic heterocycles. The van der Waals surface area contributed by atoms with Gasteiger partial charge in [0.15, 0.2) is 0 Å². The van der Waals surface area contributed by atoms with Gasteiger partial charge in [-0.25, -0.2) is 0 Å². The van der Waals surface area contributed by atoms with E-state index in [-0.39, 0.29) is 0 Å². The lowest BCUT2D eigenvalue weighted by molar-refractivity contribution is 0.211. The molecular weight excluding hydrogens is 316 g/mol.